The van der Waals surface area contributed by atoms with E-state index in [9.17, 15) is 9.50 Å². The summed E-state index contributed by atoms with van der Waals surface area (Å²) in [5.74, 6) is -0.504. The van der Waals surface area contributed by atoms with Gasteiger partial charge in [0.25, 0.3) is 0 Å². The number of β-amino-alcohol motifs (C(OH)–C–C–N with tert-alkyl or cyclic N) is 1. The van der Waals surface area contributed by atoms with Crippen LogP contribution >= 0.6 is 0 Å². The van der Waals surface area contributed by atoms with Gasteiger partial charge in [0.15, 0.2) is 0 Å². The van der Waals surface area contributed by atoms with Gasteiger partial charge >= 0.3 is 0 Å². The van der Waals surface area contributed by atoms with Crippen LogP contribution in [0.4, 0.5) is 4.39 Å². The first-order valence-electron chi connectivity index (χ1n) is 5.94. The maximum atomic E-state index is 13.6. The fourth-order valence-electron chi connectivity index (χ4n) is 1.85. The van der Waals surface area contributed by atoms with Crippen molar-refractivity contribution in [3.63, 3.8) is 0 Å². The number of nitrogens with zero attached hydrogens (tertiary/aromatic N) is 1. The van der Waals surface area contributed by atoms with Gasteiger partial charge in [-0.05, 0) is 32.4 Å². The number of fused-ring (bicyclic) bond motifs is 1. The molecule has 0 aliphatic rings. The first-order chi connectivity index (χ1) is 8.38. The number of aliphatic hydroxyl groups excluding tert-OH is 1. The van der Waals surface area contributed by atoms with Crippen LogP contribution in [-0.4, -0.2) is 27.4 Å². The zero-order valence-electron chi connectivity index (χ0n) is 10.8. The molecule has 0 bridgehead atoms. The average Bonchev–Trinajstić information content (AvgIpc) is 2.67. The molecule has 1 aromatic carbocycles. The number of hydrogen-bond donors (Lipinski definition) is 3. The van der Waals surface area contributed by atoms with Crippen molar-refractivity contribution < 1.29 is 9.50 Å². The molecule has 1 heterocycles. The van der Waals surface area contributed by atoms with Gasteiger partial charge in [0, 0.05) is 12.1 Å². The lowest BCUT2D eigenvalue weighted by molar-refractivity contribution is 0.164. The lowest BCUT2D eigenvalue weighted by Crippen LogP contribution is -2.38. The third kappa shape index (κ3) is 2.68. The second-order valence-corrected chi connectivity index (χ2v) is 5.43. The zero-order valence-corrected chi connectivity index (χ0v) is 10.8. The SMILES string of the molecule is CC(C)(C)NC[C@H](O)c1cccc2n[nH]c(F)c12. The van der Waals surface area contributed by atoms with E-state index < -0.39 is 12.1 Å². The summed E-state index contributed by atoms with van der Waals surface area (Å²) in [6.07, 6.45) is -0.764. The van der Waals surface area contributed by atoms with Crippen molar-refractivity contribution in [2.45, 2.75) is 32.4 Å². The predicted octanol–water partition coefficient (Wildman–Crippen LogP) is 2.12. The van der Waals surface area contributed by atoms with Crippen molar-refractivity contribution in [3.05, 3.63) is 29.7 Å². The summed E-state index contributed by atoms with van der Waals surface area (Å²) in [6.45, 7) is 6.41. The van der Waals surface area contributed by atoms with E-state index in [2.05, 4.69) is 15.5 Å². The van der Waals surface area contributed by atoms with Crippen LogP contribution in [0.1, 0.15) is 32.4 Å². The fraction of sp³-hybridized carbons (Fsp3) is 0.462. The molecule has 0 fully saturated rings. The summed E-state index contributed by atoms with van der Waals surface area (Å²) in [6, 6.07) is 5.19. The van der Waals surface area contributed by atoms with E-state index in [1.807, 2.05) is 20.8 Å². The van der Waals surface area contributed by atoms with E-state index in [1.165, 1.54) is 0 Å². The molecule has 0 spiro atoms. The van der Waals surface area contributed by atoms with Gasteiger partial charge < -0.3 is 10.4 Å². The minimum Gasteiger partial charge on any atom is -0.387 e. The Kier molecular flexibility index (Phi) is 3.36. The molecule has 0 saturated carbocycles. The second-order valence-electron chi connectivity index (χ2n) is 5.43. The summed E-state index contributed by atoms with van der Waals surface area (Å²) in [7, 11) is 0. The van der Waals surface area contributed by atoms with Gasteiger partial charge in [0.05, 0.1) is 17.0 Å². The lowest BCUT2D eigenvalue weighted by atomic mass is 10.0. The van der Waals surface area contributed by atoms with Crippen LogP contribution in [0.2, 0.25) is 0 Å². The van der Waals surface area contributed by atoms with Crippen LogP contribution in [0.5, 0.6) is 0 Å². The highest BCUT2D eigenvalue weighted by atomic mass is 19.1. The van der Waals surface area contributed by atoms with Crippen LogP contribution in [0.25, 0.3) is 10.9 Å². The number of H-pyrrole nitrogens is 1. The molecule has 0 amide bonds. The number of halogens is 1. The van der Waals surface area contributed by atoms with Crippen molar-refractivity contribution >= 4 is 10.9 Å². The molecule has 98 valence electrons. The average molecular weight is 251 g/mol. The van der Waals surface area contributed by atoms with Crippen LogP contribution in [0, 0.1) is 5.95 Å². The van der Waals surface area contributed by atoms with Crippen molar-refractivity contribution in [2.75, 3.05) is 6.54 Å². The normalized spacial score (nSPS) is 14.1. The van der Waals surface area contributed by atoms with Gasteiger partial charge in [-0.15, -0.1) is 0 Å². The summed E-state index contributed by atoms with van der Waals surface area (Å²) in [5.41, 5.74) is 0.986. The Labute approximate surface area is 105 Å². The number of aromatic nitrogens is 2. The number of aliphatic hydroxyl groups is 1. The highest BCUT2D eigenvalue weighted by Crippen LogP contribution is 2.25. The van der Waals surface area contributed by atoms with Gasteiger partial charge in [0.1, 0.15) is 0 Å². The van der Waals surface area contributed by atoms with Crippen LogP contribution in [-0.2, 0) is 0 Å². The van der Waals surface area contributed by atoms with E-state index in [4.69, 9.17) is 0 Å². The highest BCUT2D eigenvalue weighted by Gasteiger charge is 2.18. The molecule has 1 atom stereocenters. The van der Waals surface area contributed by atoms with Crippen molar-refractivity contribution in [3.8, 4) is 0 Å². The van der Waals surface area contributed by atoms with Gasteiger partial charge in [-0.2, -0.15) is 9.49 Å². The lowest BCUT2D eigenvalue weighted by Gasteiger charge is -2.23. The Morgan fingerprint density at radius 2 is 2.17 bits per heavy atom. The summed E-state index contributed by atoms with van der Waals surface area (Å²) < 4.78 is 13.6. The molecule has 2 aromatic rings. The first-order valence-corrected chi connectivity index (χ1v) is 5.94. The molecule has 3 N–H and O–H groups in total. The second kappa shape index (κ2) is 4.66. The molecule has 2 rings (SSSR count). The molecule has 18 heavy (non-hydrogen) atoms. The highest BCUT2D eigenvalue weighted by molar-refractivity contribution is 5.82. The Morgan fingerprint density at radius 1 is 1.44 bits per heavy atom. The van der Waals surface area contributed by atoms with E-state index in [-0.39, 0.29) is 5.54 Å². The van der Waals surface area contributed by atoms with Gasteiger partial charge in [-0.1, -0.05) is 12.1 Å². The van der Waals surface area contributed by atoms with Crippen molar-refractivity contribution in [2.24, 2.45) is 0 Å². The molecule has 0 aliphatic carbocycles. The molecule has 1 aromatic heterocycles. The molecule has 0 saturated heterocycles. The number of aromatic amines is 1. The number of nitrogens with one attached hydrogen (secondary N) is 2. The molecular formula is C13H18FN3O. The van der Waals surface area contributed by atoms with Crippen molar-refractivity contribution in [1.29, 1.82) is 0 Å². The predicted molar refractivity (Wildman–Crippen MR) is 68.8 cm³/mol. The number of benzene rings is 1. The zero-order chi connectivity index (χ0) is 13.3. The van der Waals surface area contributed by atoms with E-state index >= 15 is 0 Å². The Bertz CT molecular complexity index is 545. The quantitative estimate of drug-likeness (QED) is 0.783. The maximum absolute atomic E-state index is 13.6. The Hall–Kier alpha value is -1.46. The molecule has 0 aliphatic heterocycles. The Morgan fingerprint density at radius 3 is 2.83 bits per heavy atom. The van der Waals surface area contributed by atoms with Gasteiger partial charge in [-0.3, -0.25) is 5.10 Å². The minimum absolute atomic E-state index is 0.0934. The molecule has 0 unspecified atom stereocenters. The van der Waals surface area contributed by atoms with Crippen LogP contribution < -0.4 is 5.32 Å². The monoisotopic (exact) mass is 251 g/mol. The summed E-state index contributed by atoms with van der Waals surface area (Å²) >= 11 is 0. The fourth-order valence-corrected chi connectivity index (χ4v) is 1.85. The van der Waals surface area contributed by atoms with E-state index in [0.29, 0.717) is 23.0 Å². The summed E-state index contributed by atoms with van der Waals surface area (Å²) in [4.78, 5) is 0. The largest absolute Gasteiger partial charge is 0.387 e. The van der Waals surface area contributed by atoms with Gasteiger partial charge in [-0.25, -0.2) is 0 Å². The van der Waals surface area contributed by atoms with E-state index in [0.717, 1.165) is 0 Å². The van der Waals surface area contributed by atoms with Crippen LogP contribution in [0.3, 0.4) is 0 Å². The third-order valence-corrected chi connectivity index (χ3v) is 2.75. The standard InChI is InChI=1S/C13H18FN3O/c1-13(2,3)15-7-10(18)8-5-4-6-9-11(8)12(14)17-16-9/h4-6,10,15,18H,7H2,1-3H3,(H,16,17)/t10-/m0/s1. The topological polar surface area (TPSA) is 60.9 Å². The summed E-state index contributed by atoms with van der Waals surface area (Å²) in [5, 5.41) is 19.8. The van der Waals surface area contributed by atoms with Crippen molar-refractivity contribution in [1.82, 2.24) is 15.5 Å². The van der Waals surface area contributed by atoms with Crippen LogP contribution in [0.15, 0.2) is 18.2 Å². The first kappa shape index (κ1) is 13.0. The molecule has 0 radical (unpaired) electrons. The van der Waals surface area contributed by atoms with Gasteiger partial charge in [0.2, 0.25) is 5.95 Å². The molecular weight excluding hydrogens is 233 g/mol. The molecule has 4 nitrogen and oxygen atoms in total. The molecule has 5 heteroatoms. The Balaban J connectivity index is 2.27. The number of hydrogen-bond acceptors (Lipinski definition) is 3. The van der Waals surface area contributed by atoms with E-state index in [1.54, 1.807) is 18.2 Å². The third-order valence-electron chi connectivity index (χ3n) is 2.75. The number of rotatable bonds is 3. The smallest absolute Gasteiger partial charge is 0.217 e. The maximum Gasteiger partial charge on any atom is 0.217 e. The minimum atomic E-state index is -0.764.